The van der Waals surface area contributed by atoms with Crippen LogP contribution in [0.4, 0.5) is 25.1 Å². The zero-order valence-electron chi connectivity index (χ0n) is 33.8. The van der Waals surface area contributed by atoms with Crippen molar-refractivity contribution >= 4 is 17.8 Å². The average Bonchev–Trinajstić information content (AvgIpc) is 3.30. The van der Waals surface area contributed by atoms with Crippen molar-refractivity contribution in [1.29, 1.82) is 0 Å². The summed E-state index contributed by atoms with van der Waals surface area (Å²) in [5.74, 6) is 2.33. The molecule has 0 radical (unpaired) electrons. The Morgan fingerprint density at radius 2 is 1.10 bits per heavy atom. The molecular weight excluding hydrogens is 788 g/mol. The van der Waals surface area contributed by atoms with E-state index < -0.39 is 22.7 Å². The van der Waals surface area contributed by atoms with Crippen molar-refractivity contribution in [2.75, 3.05) is 49.1 Å². The highest BCUT2D eigenvalue weighted by atomic mass is 19.4. The van der Waals surface area contributed by atoms with E-state index in [-0.39, 0.29) is 23.4 Å². The number of benzene rings is 2. The molecule has 0 saturated carbocycles. The Morgan fingerprint density at radius 3 is 1.57 bits per heavy atom. The van der Waals surface area contributed by atoms with Crippen LogP contribution in [0.1, 0.15) is 78.4 Å². The van der Waals surface area contributed by atoms with Gasteiger partial charge in [0.2, 0.25) is 11.9 Å². The smallest absolute Gasteiger partial charge is 0.433 e. The van der Waals surface area contributed by atoms with Gasteiger partial charge in [0.15, 0.2) is 0 Å². The van der Waals surface area contributed by atoms with Gasteiger partial charge in [0.25, 0.3) is 5.91 Å². The molecule has 6 aromatic rings. The van der Waals surface area contributed by atoms with Gasteiger partial charge in [-0.1, -0.05) is 24.3 Å². The van der Waals surface area contributed by atoms with Gasteiger partial charge in [-0.15, -0.1) is 0 Å². The Hall–Kier alpha value is -6.78. The molecule has 17 heteroatoms. The van der Waals surface area contributed by atoms with Gasteiger partial charge < -0.3 is 24.9 Å². The number of piperidine rings is 2. The predicted molar refractivity (Wildman–Crippen MR) is 221 cm³/mol. The minimum Gasteiger partial charge on any atom is -0.508 e. The summed E-state index contributed by atoms with van der Waals surface area (Å²) in [6.07, 6.45) is 9.22. The van der Waals surface area contributed by atoms with Crippen LogP contribution in [0.3, 0.4) is 0 Å². The first-order valence-electron chi connectivity index (χ1n) is 20.1. The van der Waals surface area contributed by atoms with E-state index in [4.69, 9.17) is 0 Å². The molecule has 316 valence electrons. The number of aromatic hydroxyl groups is 2. The van der Waals surface area contributed by atoms with Crippen LogP contribution in [0.5, 0.6) is 11.5 Å². The molecule has 61 heavy (non-hydrogen) atoms. The number of nitrogens with zero attached hydrogens (tertiary/aromatic N) is 11. The number of halogens is 3. The third kappa shape index (κ3) is 9.20. The van der Waals surface area contributed by atoms with Crippen LogP contribution >= 0.6 is 0 Å². The minimum atomic E-state index is -4.52. The highest BCUT2D eigenvalue weighted by molar-refractivity contribution is 5.93. The number of carbonyl (C=O) groups is 1. The number of alkyl halides is 3. The van der Waals surface area contributed by atoms with Crippen LogP contribution in [0.15, 0.2) is 110 Å². The van der Waals surface area contributed by atoms with E-state index in [1.807, 2.05) is 32.0 Å². The van der Waals surface area contributed by atoms with Gasteiger partial charge in [0.05, 0.1) is 16.4 Å². The lowest BCUT2D eigenvalue weighted by molar-refractivity contribution is -0.141. The topological polar surface area (TPSA) is 170 Å². The second-order valence-electron chi connectivity index (χ2n) is 14.9. The van der Waals surface area contributed by atoms with Crippen LogP contribution < -0.4 is 9.80 Å². The molecule has 8 rings (SSSR count). The Morgan fingerprint density at radius 1 is 0.639 bits per heavy atom. The maximum Gasteiger partial charge on any atom is 0.433 e. The molecule has 0 spiro atoms. The Balaban J connectivity index is 0.000000185. The first-order valence-corrected chi connectivity index (χ1v) is 20.1. The normalized spacial score (nSPS) is 16.0. The summed E-state index contributed by atoms with van der Waals surface area (Å²) in [5.41, 5.74) is 0.332. The van der Waals surface area contributed by atoms with Crippen molar-refractivity contribution in [3.05, 3.63) is 144 Å². The van der Waals surface area contributed by atoms with Crippen LogP contribution in [-0.4, -0.2) is 100 Å². The van der Waals surface area contributed by atoms with E-state index in [1.165, 1.54) is 0 Å². The Kier molecular flexibility index (Phi) is 12.7. The largest absolute Gasteiger partial charge is 0.508 e. The average molecular weight is 834 g/mol. The molecule has 6 heterocycles. The van der Waals surface area contributed by atoms with Crippen LogP contribution in [0.2, 0.25) is 0 Å². The van der Waals surface area contributed by atoms with Crippen molar-refractivity contribution in [3.8, 4) is 11.5 Å². The Bertz CT molecular complexity index is 2370. The molecule has 0 bridgehead atoms. The van der Waals surface area contributed by atoms with Gasteiger partial charge in [-0.3, -0.25) is 4.79 Å². The molecule has 2 aromatic carbocycles. The van der Waals surface area contributed by atoms with Gasteiger partial charge >= 0.3 is 6.18 Å². The number of phenolic OH excluding ortho intramolecular Hbond substituents is 2. The number of carbonyl (C=O) groups excluding carboxylic acids is 1. The number of hydrogen-bond donors (Lipinski definition) is 2. The number of rotatable bonds is 9. The highest BCUT2D eigenvalue weighted by Gasteiger charge is 2.43. The molecule has 0 aliphatic carbocycles. The van der Waals surface area contributed by atoms with E-state index in [0.29, 0.717) is 62.2 Å². The van der Waals surface area contributed by atoms with Crippen molar-refractivity contribution in [2.45, 2.75) is 56.5 Å². The summed E-state index contributed by atoms with van der Waals surface area (Å²) in [4.78, 5) is 53.0. The van der Waals surface area contributed by atoms with Gasteiger partial charge in [-0.2, -0.15) is 13.2 Å². The quantitative estimate of drug-likeness (QED) is 0.160. The van der Waals surface area contributed by atoms with E-state index in [1.54, 1.807) is 89.4 Å². The number of aromatic nitrogens is 8. The molecule has 2 fully saturated rings. The molecule has 1 amide bonds. The lowest BCUT2D eigenvalue weighted by Gasteiger charge is -2.41. The first kappa shape index (κ1) is 42.3. The van der Waals surface area contributed by atoms with Crippen LogP contribution in [0, 0.1) is 0 Å². The zero-order valence-corrected chi connectivity index (χ0v) is 33.8. The van der Waals surface area contributed by atoms with Gasteiger partial charge in [0, 0.05) is 82.6 Å². The standard InChI is InChI=1S/C24H28N6O2.C20H18F3N5O/c1-3-29(4-2)21(32)18-16-27-22(28-17-18)24(19-7-5-8-20(31)15-19)9-13-30(14-10-24)23-25-11-6-12-26-23;21-20(22,23)16-5-10-26-18(27-16)28-11-6-19(7-12-28,17-24-8-2-9-25-17)14-3-1-4-15(29)13-14/h5-8,11-12,15-17,31H,3-4,9-10,13-14H2,1-2H3;1-5,8-10,13,29H,6-7,11-12H2. The summed E-state index contributed by atoms with van der Waals surface area (Å²) >= 11 is 0. The molecule has 14 nitrogen and oxygen atoms in total. The third-order valence-electron chi connectivity index (χ3n) is 11.5. The fourth-order valence-electron chi connectivity index (χ4n) is 8.11. The monoisotopic (exact) mass is 833 g/mol. The lowest BCUT2D eigenvalue weighted by Crippen LogP contribution is -2.45. The van der Waals surface area contributed by atoms with Crippen molar-refractivity contribution < 1.29 is 28.2 Å². The summed E-state index contributed by atoms with van der Waals surface area (Å²) in [6, 6.07) is 18.6. The molecule has 2 N–H and O–H groups in total. The predicted octanol–water partition coefficient (Wildman–Crippen LogP) is 6.62. The van der Waals surface area contributed by atoms with E-state index >= 15 is 0 Å². The van der Waals surface area contributed by atoms with E-state index in [0.717, 1.165) is 49.3 Å². The van der Waals surface area contributed by atoms with Crippen molar-refractivity contribution in [3.63, 3.8) is 0 Å². The number of phenols is 2. The number of amides is 1. The lowest BCUT2D eigenvalue weighted by atomic mass is 9.72. The second-order valence-corrected chi connectivity index (χ2v) is 14.9. The number of anilines is 2. The molecule has 4 aromatic heterocycles. The molecule has 2 aliphatic heterocycles. The van der Waals surface area contributed by atoms with E-state index in [2.05, 4.69) is 44.8 Å². The molecular formula is C44H46F3N11O3. The van der Waals surface area contributed by atoms with Crippen molar-refractivity contribution in [2.24, 2.45) is 0 Å². The fraction of sp³-hybridized carbons (Fsp3) is 0.341. The van der Waals surface area contributed by atoms with Gasteiger partial charge in [-0.25, -0.2) is 39.9 Å². The van der Waals surface area contributed by atoms with E-state index in [9.17, 15) is 28.2 Å². The first-order chi connectivity index (χ1) is 29.5. The zero-order chi connectivity index (χ0) is 43.0. The molecule has 2 aliphatic rings. The summed E-state index contributed by atoms with van der Waals surface area (Å²) in [5, 5.41) is 20.1. The van der Waals surface area contributed by atoms with Crippen LogP contribution in [-0.2, 0) is 17.0 Å². The summed E-state index contributed by atoms with van der Waals surface area (Å²) < 4.78 is 39.0. The maximum atomic E-state index is 13.0. The summed E-state index contributed by atoms with van der Waals surface area (Å²) in [7, 11) is 0. The van der Waals surface area contributed by atoms with Gasteiger partial charge in [-0.05, 0) is 93.1 Å². The van der Waals surface area contributed by atoms with Crippen molar-refractivity contribution in [1.82, 2.24) is 44.8 Å². The third-order valence-corrected chi connectivity index (χ3v) is 11.5. The minimum absolute atomic E-state index is 0.0540. The fourth-order valence-corrected chi connectivity index (χ4v) is 8.11. The van der Waals surface area contributed by atoms with Crippen LogP contribution in [0.25, 0.3) is 0 Å². The molecule has 2 saturated heterocycles. The number of hydrogen-bond acceptors (Lipinski definition) is 13. The highest BCUT2D eigenvalue weighted by Crippen LogP contribution is 2.43. The summed E-state index contributed by atoms with van der Waals surface area (Å²) in [6.45, 7) is 7.50. The second kappa shape index (κ2) is 18.2. The molecule has 0 atom stereocenters. The SMILES string of the molecule is CCN(CC)C(=O)c1cnc(C2(c3cccc(O)c3)CCN(c3ncccn3)CC2)nc1.Oc1cccc(C2(c3ncccn3)CCN(c3nccc(C(F)(F)F)n3)CC2)c1. The van der Waals surface area contributed by atoms with Gasteiger partial charge in [0.1, 0.15) is 28.8 Å². The molecule has 0 unspecified atom stereocenters. The Labute approximate surface area is 351 Å². The maximum absolute atomic E-state index is 13.0.